The van der Waals surface area contributed by atoms with Gasteiger partial charge in [-0.25, -0.2) is 4.98 Å². The number of allylic oxidation sites excluding steroid dienone is 2. The highest BCUT2D eigenvalue weighted by Gasteiger charge is 2.70. The second-order valence-electron chi connectivity index (χ2n) is 15.6. The summed E-state index contributed by atoms with van der Waals surface area (Å²) < 4.78 is 11.4. The number of rotatable bonds is 7. The molecule has 3 heterocycles. The Hall–Kier alpha value is -7.01. The van der Waals surface area contributed by atoms with Crippen molar-refractivity contribution in [1.29, 1.82) is 0 Å². The number of carbonyl (C=O) groups is 4. The van der Waals surface area contributed by atoms with Crippen molar-refractivity contribution >= 4 is 46.1 Å². The number of fused-ring (bicyclic) bond motifs is 5. The van der Waals surface area contributed by atoms with Crippen LogP contribution in [0.2, 0.25) is 0 Å². The number of hydrogen-bond donors (Lipinski definition) is 2. The van der Waals surface area contributed by atoms with Crippen molar-refractivity contribution in [2.45, 2.75) is 31.1 Å². The molecular formula is C47H38N4O7. The van der Waals surface area contributed by atoms with E-state index in [1.54, 1.807) is 42.5 Å². The van der Waals surface area contributed by atoms with E-state index in [4.69, 9.17) is 9.15 Å². The smallest absolute Gasteiger partial charge is 0.260 e. The van der Waals surface area contributed by atoms with Crippen LogP contribution in [0.15, 0.2) is 137 Å². The van der Waals surface area contributed by atoms with E-state index in [0.29, 0.717) is 39.5 Å². The number of phenolic OH excluding ortho intramolecular Hbond substituents is 1. The van der Waals surface area contributed by atoms with Crippen LogP contribution >= 0.6 is 0 Å². The molecule has 11 heteroatoms. The fourth-order valence-electron chi connectivity index (χ4n) is 10.0. The maximum atomic E-state index is 15.4. The number of aromatic hydroxyl groups is 1. The monoisotopic (exact) mass is 770 g/mol. The molecule has 5 aromatic carbocycles. The van der Waals surface area contributed by atoms with Gasteiger partial charge in [0, 0.05) is 11.5 Å². The quantitative estimate of drug-likeness (QED) is 0.123. The molecule has 2 saturated heterocycles. The molecule has 11 nitrogen and oxygen atoms in total. The number of ether oxygens (including phenoxy) is 1. The van der Waals surface area contributed by atoms with Gasteiger partial charge in [-0.3, -0.25) is 29.5 Å². The lowest BCUT2D eigenvalue weighted by Crippen LogP contribution is -2.53. The summed E-state index contributed by atoms with van der Waals surface area (Å²) in [6, 6.07) is 36.2. The molecule has 288 valence electrons. The molecule has 4 aliphatic rings. The number of hydrazine groups is 1. The van der Waals surface area contributed by atoms with Gasteiger partial charge >= 0.3 is 0 Å². The average molecular weight is 771 g/mol. The third-order valence-electron chi connectivity index (χ3n) is 12.6. The van der Waals surface area contributed by atoms with Gasteiger partial charge in [0.1, 0.15) is 5.52 Å². The van der Waals surface area contributed by atoms with E-state index < -0.39 is 46.8 Å². The maximum Gasteiger partial charge on any atom is 0.260 e. The lowest BCUT2D eigenvalue weighted by Gasteiger charge is -2.50. The number of oxazole rings is 1. The number of imide groups is 2. The number of carbonyl (C=O) groups excluding carboxylic acids is 4. The number of aryl methyl sites for hydroxylation is 1. The Morgan fingerprint density at radius 2 is 1.57 bits per heavy atom. The minimum Gasteiger partial charge on any atom is -0.504 e. The first-order chi connectivity index (χ1) is 28.2. The van der Waals surface area contributed by atoms with Crippen LogP contribution in [0.4, 0.5) is 11.4 Å². The van der Waals surface area contributed by atoms with Crippen LogP contribution in [0.1, 0.15) is 35.4 Å². The van der Waals surface area contributed by atoms with Crippen molar-refractivity contribution < 1.29 is 33.4 Å². The molecule has 0 spiro atoms. The normalized spacial score (nSPS) is 25.1. The number of nitrogens with one attached hydrogen (secondary N) is 1. The van der Waals surface area contributed by atoms with Gasteiger partial charge in [0.2, 0.25) is 17.7 Å². The van der Waals surface area contributed by atoms with Gasteiger partial charge in [-0.05, 0) is 97.5 Å². The topological polar surface area (TPSA) is 142 Å². The Morgan fingerprint density at radius 1 is 0.828 bits per heavy atom. The lowest BCUT2D eigenvalue weighted by molar-refractivity contribution is -0.138. The Kier molecular flexibility index (Phi) is 8.12. The maximum absolute atomic E-state index is 15.4. The van der Waals surface area contributed by atoms with Crippen molar-refractivity contribution in [2.75, 3.05) is 17.4 Å². The molecule has 10 rings (SSSR count). The summed E-state index contributed by atoms with van der Waals surface area (Å²) in [5, 5.41) is 12.3. The van der Waals surface area contributed by atoms with E-state index in [-0.39, 0.29) is 36.2 Å². The molecular weight excluding hydrogens is 733 g/mol. The molecule has 1 saturated carbocycles. The zero-order valence-electron chi connectivity index (χ0n) is 31.7. The Labute approximate surface area is 333 Å². The van der Waals surface area contributed by atoms with Crippen LogP contribution < -0.4 is 15.1 Å². The van der Waals surface area contributed by atoms with Crippen molar-refractivity contribution in [2.24, 2.45) is 23.7 Å². The van der Waals surface area contributed by atoms with E-state index in [1.807, 2.05) is 91.9 Å². The molecule has 6 aromatic rings. The minimum absolute atomic E-state index is 0.123. The Bertz CT molecular complexity index is 2660. The zero-order chi connectivity index (χ0) is 39.9. The molecule has 0 unspecified atom stereocenters. The van der Waals surface area contributed by atoms with Crippen molar-refractivity contribution in [3.05, 3.63) is 150 Å². The van der Waals surface area contributed by atoms with Crippen LogP contribution in [-0.2, 0) is 24.6 Å². The van der Waals surface area contributed by atoms with Gasteiger partial charge in [0.25, 0.3) is 11.8 Å². The van der Waals surface area contributed by atoms with Gasteiger partial charge in [0.05, 0.1) is 41.7 Å². The molecule has 2 aliphatic heterocycles. The molecule has 4 amide bonds. The molecule has 0 radical (unpaired) electrons. The Morgan fingerprint density at radius 3 is 2.29 bits per heavy atom. The summed E-state index contributed by atoms with van der Waals surface area (Å²) in [5.74, 6) is -4.70. The molecule has 0 bridgehead atoms. The van der Waals surface area contributed by atoms with E-state index >= 15 is 4.79 Å². The number of phenols is 1. The zero-order valence-corrected chi connectivity index (χ0v) is 31.7. The number of nitrogens with zero attached hydrogens (tertiary/aromatic N) is 3. The van der Waals surface area contributed by atoms with Gasteiger partial charge in [0.15, 0.2) is 17.1 Å². The summed E-state index contributed by atoms with van der Waals surface area (Å²) in [6.45, 7) is 1.96. The van der Waals surface area contributed by atoms with Gasteiger partial charge in [-0.2, -0.15) is 5.01 Å². The predicted octanol–water partition coefficient (Wildman–Crippen LogP) is 7.71. The van der Waals surface area contributed by atoms with E-state index in [9.17, 15) is 19.5 Å². The van der Waals surface area contributed by atoms with Crippen molar-refractivity contribution in [3.8, 4) is 23.0 Å². The van der Waals surface area contributed by atoms with Crippen LogP contribution in [0.25, 0.3) is 22.6 Å². The number of anilines is 2. The third kappa shape index (κ3) is 5.15. The molecule has 2 N–H and O–H groups in total. The first kappa shape index (κ1) is 35.4. The number of methoxy groups -OCH3 is 1. The van der Waals surface area contributed by atoms with Crippen LogP contribution in [0.5, 0.6) is 11.5 Å². The SMILES string of the molecule is COc1ccc([C@H]2C3=CC[C@@H]4C(=O)N(c5ccc(-c6nc7ccccc7o6)cc5)C(=O)[C@@H]4[C@@H]3C[C@H]3C(=O)N(Nc4ccc(C)cc4)C(=O)[C@@]23c2ccccc2)cc1O. The molecule has 6 atom stereocenters. The fourth-order valence-corrected chi connectivity index (χ4v) is 10.0. The highest BCUT2D eigenvalue weighted by molar-refractivity contribution is 6.22. The van der Waals surface area contributed by atoms with Crippen LogP contribution in [0, 0.1) is 30.6 Å². The number of aromatic nitrogens is 1. The van der Waals surface area contributed by atoms with Crippen LogP contribution in [0.3, 0.4) is 0 Å². The lowest BCUT2D eigenvalue weighted by atomic mass is 9.49. The molecule has 2 aliphatic carbocycles. The largest absolute Gasteiger partial charge is 0.504 e. The number of amides is 4. The molecule has 58 heavy (non-hydrogen) atoms. The second-order valence-corrected chi connectivity index (χ2v) is 15.6. The Balaban J connectivity index is 1.08. The van der Waals surface area contributed by atoms with Gasteiger partial charge in [-0.1, -0.05) is 77.9 Å². The molecule has 3 fully saturated rings. The fraction of sp³-hybridized carbons (Fsp3) is 0.213. The minimum atomic E-state index is -1.46. The summed E-state index contributed by atoms with van der Waals surface area (Å²) in [5.41, 5.74) is 7.77. The third-order valence-corrected chi connectivity index (χ3v) is 12.6. The average Bonchev–Trinajstić information content (AvgIpc) is 3.86. The predicted molar refractivity (Wildman–Crippen MR) is 215 cm³/mol. The van der Waals surface area contributed by atoms with Crippen LogP contribution in [-0.4, -0.2) is 45.8 Å². The number of hydrogen-bond acceptors (Lipinski definition) is 9. The van der Waals surface area contributed by atoms with Gasteiger partial charge < -0.3 is 14.3 Å². The van der Waals surface area contributed by atoms with E-state index in [2.05, 4.69) is 10.4 Å². The van der Waals surface area contributed by atoms with Crippen molar-refractivity contribution in [3.63, 3.8) is 0 Å². The standard InChI is InChI=1S/C47H38N4O7/c1-26-12-17-30(18-13-26)49-51-44(54)35-25-34-32(41(28-16-23-39(57-2)37(52)24-28)47(35,46(51)56)29-8-4-3-5-9-29)21-22-33-40(34)45(55)50(43(33)53)31-19-14-27(15-20-31)42-48-36-10-6-7-11-38(36)58-42/h3-21,23-24,33-35,40-41,49,52H,22,25H2,1-2H3/t33-,34+,35-,40-,41-,47+/m0/s1. The van der Waals surface area contributed by atoms with E-state index in [0.717, 1.165) is 21.7 Å². The highest BCUT2D eigenvalue weighted by atomic mass is 16.5. The summed E-state index contributed by atoms with van der Waals surface area (Å²) >= 11 is 0. The van der Waals surface area contributed by atoms with Gasteiger partial charge in [-0.15, -0.1) is 0 Å². The summed E-state index contributed by atoms with van der Waals surface area (Å²) in [7, 11) is 1.46. The van der Waals surface area contributed by atoms with Crippen molar-refractivity contribution in [1.82, 2.24) is 9.99 Å². The van der Waals surface area contributed by atoms with E-state index in [1.165, 1.54) is 12.0 Å². The molecule has 1 aromatic heterocycles. The summed E-state index contributed by atoms with van der Waals surface area (Å²) in [6.07, 6.45) is 2.42. The number of para-hydroxylation sites is 2. The highest BCUT2D eigenvalue weighted by Crippen LogP contribution is 2.64. The first-order valence-electron chi connectivity index (χ1n) is 19.4. The first-order valence-corrected chi connectivity index (χ1v) is 19.4. The second kappa shape index (κ2) is 13.3. The number of benzene rings is 5. The summed E-state index contributed by atoms with van der Waals surface area (Å²) in [4.78, 5) is 65.3.